The molecule has 2 unspecified atom stereocenters. The van der Waals surface area contributed by atoms with Crippen molar-refractivity contribution in [3.8, 4) is 5.75 Å². The molecular formula is C24H33NO4S. The van der Waals surface area contributed by atoms with Crippen LogP contribution in [0.25, 0.3) is 0 Å². The Morgan fingerprint density at radius 2 is 1.77 bits per heavy atom. The molecule has 30 heavy (non-hydrogen) atoms. The summed E-state index contributed by atoms with van der Waals surface area (Å²) in [7, 11) is -3.00. The molecule has 3 rings (SSSR count). The van der Waals surface area contributed by atoms with Crippen molar-refractivity contribution < 1.29 is 18.3 Å². The maximum atomic E-state index is 12.0. The number of sulfone groups is 1. The van der Waals surface area contributed by atoms with Crippen LogP contribution >= 0.6 is 0 Å². The van der Waals surface area contributed by atoms with Gasteiger partial charge in [-0.2, -0.15) is 0 Å². The Morgan fingerprint density at radius 1 is 1.10 bits per heavy atom. The fraction of sp³-hybridized carbons (Fsp3) is 0.500. The van der Waals surface area contributed by atoms with Crippen LogP contribution in [0.2, 0.25) is 0 Å². The van der Waals surface area contributed by atoms with E-state index in [-0.39, 0.29) is 24.2 Å². The molecule has 1 heterocycles. The summed E-state index contributed by atoms with van der Waals surface area (Å²) in [5, 5.41) is 10.6. The van der Waals surface area contributed by atoms with E-state index >= 15 is 0 Å². The number of aliphatic hydroxyl groups excluding tert-OH is 1. The fourth-order valence-corrected chi connectivity index (χ4v) is 5.56. The van der Waals surface area contributed by atoms with Gasteiger partial charge in [0.05, 0.1) is 11.5 Å². The Bertz CT molecular complexity index is 907. The molecule has 1 N–H and O–H groups in total. The van der Waals surface area contributed by atoms with Gasteiger partial charge in [0.2, 0.25) is 0 Å². The Kier molecular flexibility index (Phi) is 7.55. The van der Waals surface area contributed by atoms with Crippen LogP contribution in [0.3, 0.4) is 0 Å². The van der Waals surface area contributed by atoms with E-state index in [4.69, 9.17) is 4.74 Å². The smallest absolute Gasteiger partial charge is 0.151 e. The van der Waals surface area contributed by atoms with Gasteiger partial charge in [-0.25, -0.2) is 8.42 Å². The molecule has 2 aromatic carbocycles. The van der Waals surface area contributed by atoms with Crippen LogP contribution in [0.15, 0.2) is 48.5 Å². The summed E-state index contributed by atoms with van der Waals surface area (Å²) < 4.78 is 29.8. The lowest BCUT2D eigenvalue weighted by molar-refractivity contribution is 0.0525. The maximum Gasteiger partial charge on any atom is 0.151 e. The van der Waals surface area contributed by atoms with Gasteiger partial charge in [-0.3, -0.25) is 4.90 Å². The van der Waals surface area contributed by atoms with Gasteiger partial charge in [0.15, 0.2) is 9.84 Å². The molecule has 0 bridgehead atoms. The second-order valence-corrected chi connectivity index (χ2v) is 10.9. The SMILES string of the molecule is Cc1ccc(OCC(O)CN(Cc2ccc(C(C)C)cc2)C2CCS(=O)(=O)C2)cc1. The second-order valence-electron chi connectivity index (χ2n) is 8.66. The van der Waals surface area contributed by atoms with Gasteiger partial charge < -0.3 is 9.84 Å². The van der Waals surface area contributed by atoms with E-state index in [0.29, 0.717) is 25.4 Å². The Labute approximate surface area is 180 Å². The molecule has 0 spiro atoms. The van der Waals surface area contributed by atoms with Crippen molar-refractivity contribution in [1.82, 2.24) is 4.90 Å². The lowest BCUT2D eigenvalue weighted by Gasteiger charge is -2.30. The number of rotatable bonds is 9. The molecule has 5 nitrogen and oxygen atoms in total. The summed E-state index contributed by atoms with van der Waals surface area (Å²) in [4.78, 5) is 2.10. The zero-order valence-corrected chi connectivity index (χ0v) is 18.9. The summed E-state index contributed by atoms with van der Waals surface area (Å²) in [6.45, 7) is 7.49. The molecule has 0 amide bonds. The zero-order valence-electron chi connectivity index (χ0n) is 18.1. The summed E-state index contributed by atoms with van der Waals surface area (Å²) in [6, 6.07) is 16.1. The van der Waals surface area contributed by atoms with Gasteiger partial charge in [0, 0.05) is 19.1 Å². The Balaban J connectivity index is 1.65. The molecule has 6 heteroatoms. The number of benzene rings is 2. The Morgan fingerprint density at radius 3 is 2.33 bits per heavy atom. The largest absolute Gasteiger partial charge is 0.491 e. The lowest BCUT2D eigenvalue weighted by Crippen LogP contribution is -2.42. The normalized spacial score (nSPS) is 19.3. The minimum atomic E-state index is -3.00. The fourth-order valence-electron chi connectivity index (χ4n) is 3.80. The van der Waals surface area contributed by atoms with E-state index in [9.17, 15) is 13.5 Å². The van der Waals surface area contributed by atoms with Gasteiger partial charge in [-0.1, -0.05) is 55.8 Å². The minimum Gasteiger partial charge on any atom is -0.491 e. The van der Waals surface area contributed by atoms with E-state index in [2.05, 4.69) is 43.0 Å². The molecule has 1 aliphatic rings. The number of ether oxygens (including phenoxy) is 1. The van der Waals surface area contributed by atoms with Crippen molar-refractivity contribution >= 4 is 9.84 Å². The highest BCUT2D eigenvalue weighted by Gasteiger charge is 2.33. The molecule has 0 aromatic heterocycles. The molecule has 0 saturated carbocycles. The van der Waals surface area contributed by atoms with Crippen molar-refractivity contribution in [2.24, 2.45) is 0 Å². The van der Waals surface area contributed by atoms with E-state index in [1.807, 2.05) is 31.2 Å². The summed E-state index contributed by atoms with van der Waals surface area (Å²) >= 11 is 0. The predicted molar refractivity (Wildman–Crippen MR) is 121 cm³/mol. The monoisotopic (exact) mass is 431 g/mol. The average molecular weight is 432 g/mol. The molecule has 0 aliphatic carbocycles. The predicted octanol–water partition coefficient (Wildman–Crippen LogP) is 3.55. The van der Waals surface area contributed by atoms with Crippen molar-refractivity contribution in [3.63, 3.8) is 0 Å². The maximum absolute atomic E-state index is 12.0. The number of hydrogen-bond acceptors (Lipinski definition) is 5. The first-order valence-electron chi connectivity index (χ1n) is 10.6. The third-order valence-electron chi connectivity index (χ3n) is 5.67. The molecular weight excluding hydrogens is 398 g/mol. The first kappa shape index (κ1) is 22.8. The van der Waals surface area contributed by atoms with Crippen LogP contribution in [0.5, 0.6) is 5.75 Å². The van der Waals surface area contributed by atoms with Crippen LogP contribution < -0.4 is 4.74 Å². The minimum absolute atomic E-state index is 0.0752. The Hall–Kier alpha value is -1.89. The molecule has 2 atom stereocenters. The highest BCUT2D eigenvalue weighted by molar-refractivity contribution is 7.91. The van der Waals surface area contributed by atoms with Crippen molar-refractivity contribution in [1.29, 1.82) is 0 Å². The highest BCUT2D eigenvalue weighted by atomic mass is 32.2. The third-order valence-corrected chi connectivity index (χ3v) is 7.42. The third kappa shape index (κ3) is 6.56. The first-order valence-corrected chi connectivity index (χ1v) is 12.4. The van der Waals surface area contributed by atoms with Gasteiger partial charge >= 0.3 is 0 Å². The van der Waals surface area contributed by atoms with E-state index in [1.54, 1.807) is 0 Å². The quantitative estimate of drug-likeness (QED) is 0.658. The van der Waals surface area contributed by atoms with Gasteiger partial charge in [0.25, 0.3) is 0 Å². The number of nitrogens with zero attached hydrogens (tertiary/aromatic N) is 1. The zero-order chi connectivity index (χ0) is 21.7. The van der Waals surface area contributed by atoms with Crippen molar-refractivity contribution in [3.05, 3.63) is 65.2 Å². The number of aryl methyl sites for hydroxylation is 1. The van der Waals surface area contributed by atoms with Crippen LogP contribution in [0.4, 0.5) is 0 Å². The van der Waals surface area contributed by atoms with Crippen LogP contribution in [-0.2, 0) is 16.4 Å². The molecule has 0 radical (unpaired) electrons. The summed E-state index contributed by atoms with van der Waals surface area (Å²) in [5.74, 6) is 1.56. The summed E-state index contributed by atoms with van der Waals surface area (Å²) in [5.41, 5.74) is 3.55. The van der Waals surface area contributed by atoms with Crippen molar-refractivity contribution in [2.75, 3.05) is 24.7 Å². The van der Waals surface area contributed by atoms with Crippen molar-refractivity contribution in [2.45, 2.75) is 51.8 Å². The van der Waals surface area contributed by atoms with Crippen LogP contribution in [-0.4, -0.2) is 55.2 Å². The second kappa shape index (κ2) is 9.94. The number of aliphatic hydroxyl groups is 1. The van der Waals surface area contributed by atoms with E-state index < -0.39 is 15.9 Å². The van der Waals surface area contributed by atoms with Crippen LogP contribution in [0, 0.1) is 6.92 Å². The topological polar surface area (TPSA) is 66.8 Å². The van der Waals surface area contributed by atoms with Gasteiger partial charge in [-0.15, -0.1) is 0 Å². The molecule has 1 aliphatic heterocycles. The van der Waals surface area contributed by atoms with Crippen LogP contribution in [0.1, 0.15) is 42.9 Å². The van der Waals surface area contributed by atoms with Gasteiger partial charge in [0.1, 0.15) is 18.5 Å². The lowest BCUT2D eigenvalue weighted by atomic mass is 10.0. The van der Waals surface area contributed by atoms with E-state index in [1.165, 1.54) is 5.56 Å². The molecule has 1 saturated heterocycles. The summed E-state index contributed by atoms with van der Waals surface area (Å²) in [6.07, 6.45) is -0.0950. The molecule has 2 aromatic rings. The first-order chi connectivity index (χ1) is 14.2. The molecule has 164 valence electrons. The highest BCUT2D eigenvalue weighted by Crippen LogP contribution is 2.22. The average Bonchev–Trinajstić information content (AvgIpc) is 3.07. The van der Waals surface area contributed by atoms with Gasteiger partial charge in [-0.05, 0) is 42.5 Å². The van der Waals surface area contributed by atoms with E-state index in [0.717, 1.165) is 16.9 Å². The number of hydrogen-bond donors (Lipinski definition) is 1. The molecule has 1 fully saturated rings. The standard InChI is InChI=1S/C24H33NO4S/c1-18(2)21-8-6-20(7-9-21)14-25(22-12-13-30(27,28)17-22)15-23(26)16-29-24-10-4-19(3)5-11-24/h4-11,18,22-23,26H,12-17H2,1-3H3.